The van der Waals surface area contributed by atoms with E-state index in [1.54, 1.807) is 18.5 Å². The molecular weight excluding hydrogens is 130 g/mol. The van der Waals surface area contributed by atoms with Crippen LogP contribution in [0.1, 0.15) is 11.2 Å². The Morgan fingerprint density at radius 3 is 3.00 bits per heavy atom. The largest absolute Gasteiger partial charge is 0.330 e. The highest BCUT2D eigenvalue weighted by molar-refractivity contribution is 5.77. The van der Waals surface area contributed by atoms with Crippen LogP contribution in [0, 0.1) is 0 Å². The summed E-state index contributed by atoms with van der Waals surface area (Å²) in [6.45, 7) is 0.374. The first kappa shape index (κ1) is 6.95. The molecule has 0 amide bonds. The smallest absolute Gasteiger partial charge is 0.248 e. The van der Waals surface area contributed by atoms with E-state index in [9.17, 15) is 4.79 Å². The number of nitrogens with zero attached hydrogens (tertiary/aromatic N) is 2. The molecular formula is C6H9N3O. The molecule has 1 rings (SSSR count). The summed E-state index contributed by atoms with van der Waals surface area (Å²) in [5.74, 6) is -0.0625. The van der Waals surface area contributed by atoms with E-state index in [0.29, 0.717) is 13.0 Å². The molecule has 0 spiro atoms. The second-order valence-electron chi connectivity index (χ2n) is 1.88. The van der Waals surface area contributed by atoms with Crippen LogP contribution in [0.25, 0.3) is 0 Å². The van der Waals surface area contributed by atoms with E-state index in [2.05, 4.69) is 5.10 Å². The van der Waals surface area contributed by atoms with E-state index in [4.69, 9.17) is 5.73 Å². The predicted octanol–water partition coefficient (Wildman–Crippen LogP) is -0.128. The maximum atomic E-state index is 10.9. The van der Waals surface area contributed by atoms with Crippen LogP contribution in [0.5, 0.6) is 0 Å². The van der Waals surface area contributed by atoms with Crippen molar-refractivity contribution in [1.82, 2.24) is 9.78 Å². The van der Waals surface area contributed by atoms with E-state index < -0.39 is 0 Å². The number of aromatic nitrogens is 2. The molecule has 2 N–H and O–H groups in total. The summed E-state index contributed by atoms with van der Waals surface area (Å²) in [6, 6.07) is 1.70. The molecule has 0 atom stereocenters. The second-order valence-corrected chi connectivity index (χ2v) is 1.88. The molecule has 0 saturated carbocycles. The molecule has 0 aliphatic rings. The van der Waals surface area contributed by atoms with Crippen molar-refractivity contribution in [3.8, 4) is 0 Å². The molecule has 0 radical (unpaired) electrons. The van der Waals surface area contributed by atoms with Gasteiger partial charge in [-0.3, -0.25) is 4.79 Å². The van der Waals surface area contributed by atoms with E-state index in [-0.39, 0.29) is 5.91 Å². The van der Waals surface area contributed by atoms with Crippen LogP contribution in [-0.2, 0) is 0 Å². The monoisotopic (exact) mass is 139 g/mol. The minimum atomic E-state index is -0.0625. The van der Waals surface area contributed by atoms with Gasteiger partial charge in [-0.05, 0) is 6.07 Å². The van der Waals surface area contributed by atoms with E-state index in [1.165, 1.54) is 4.68 Å². The van der Waals surface area contributed by atoms with E-state index >= 15 is 0 Å². The van der Waals surface area contributed by atoms with Crippen LogP contribution in [0.3, 0.4) is 0 Å². The Hall–Kier alpha value is -1.16. The molecule has 0 fully saturated rings. The van der Waals surface area contributed by atoms with Crippen LogP contribution in [0.4, 0.5) is 0 Å². The van der Waals surface area contributed by atoms with E-state index in [0.717, 1.165) is 0 Å². The van der Waals surface area contributed by atoms with Crippen molar-refractivity contribution in [2.24, 2.45) is 5.73 Å². The van der Waals surface area contributed by atoms with Crippen molar-refractivity contribution in [1.29, 1.82) is 0 Å². The zero-order valence-corrected chi connectivity index (χ0v) is 5.53. The number of rotatable bonds is 2. The Morgan fingerprint density at radius 2 is 2.50 bits per heavy atom. The fourth-order valence-corrected chi connectivity index (χ4v) is 0.654. The van der Waals surface area contributed by atoms with Crippen molar-refractivity contribution in [3.05, 3.63) is 18.5 Å². The summed E-state index contributed by atoms with van der Waals surface area (Å²) in [5, 5.41) is 3.75. The standard InChI is InChI=1S/C6H9N3O/c7-3-2-6(10)9-5-1-4-8-9/h1,4-5H,2-3,7H2. The Kier molecular flexibility index (Phi) is 2.17. The molecule has 0 saturated heterocycles. The first-order valence-electron chi connectivity index (χ1n) is 3.07. The summed E-state index contributed by atoms with van der Waals surface area (Å²) in [5.41, 5.74) is 5.17. The fraction of sp³-hybridized carbons (Fsp3) is 0.333. The molecule has 1 heterocycles. The fourth-order valence-electron chi connectivity index (χ4n) is 0.654. The van der Waals surface area contributed by atoms with Crippen molar-refractivity contribution in [2.75, 3.05) is 6.54 Å². The van der Waals surface area contributed by atoms with Crippen LogP contribution in [0.15, 0.2) is 18.5 Å². The summed E-state index contributed by atoms with van der Waals surface area (Å²) in [4.78, 5) is 10.9. The zero-order valence-electron chi connectivity index (χ0n) is 5.53. The van der Waals surface area contributed by atoms with Crippen LogP contribution >= 0.6 is 0 Å². The minimum Gasteiger partial charge on any atom is -0.330 e. The molecule has 4 heteroatoms. The highest BCUT2D eigenvalue weighted by Gasteiger charge is 2.00. The Labute approximate surface area is 58.6 Å². The highest BCUT2D eigenvalue weighted by Crippen LogP contribution is 1.87. The maximum Gasteiger partial charge on any atom is 0.248 e. The lowest BCUT2D eigenvalue weighted by atomic mass is 10.4. The lowest BCUT2D eigenvalue weighted by molar-refractivity contribution is 0.0890. The number of hydrogen-bond donors (Lipinski definition) is 1. The van der Waals surface area contributed by atoms with Gasteiger partial charge in [0.25, 0.3) is 0 Å². The Balaban J connectivity index is 2.59. The van der Waals surface area contributed by atoms with Gasteiger partial charge in [0.05, 0.1) is 0 Å². The molecule has 4 nitrogen and oxygen atoms in total. The highest BCUT2D eigenvalue weighted by atomic mass is 16.2. The summed E-state index contributed by atoms with van der Waals surface area (Å²) < 4.78 is 1.28. The minimum absolute atomic E-state index is 0.0625. The lowest BCUT2D eigenvalue weighted by Crippen LogP contribution is -2.15. The summed E-state index contributed by atoms with van der Waals surface area (Å²) >= 11 is 0. The SMILES string of the molecule is NCCC(=O)n1cccn1. The van der Waals surface area contributed by atoms with Gasteiger partial charge in [0, 0.05) is 25.4 Å². The summed E-state index contributed by atoms with van der Waals surface area (Å²) in [7, 11) is 0. The van der Waals surface area contributed by atoms with Gasteiger partial charge < -0.3 is 5.73 Å². The Bertz CT molecular complexity index is 205. The van der Waals surface area contributed by atoms with Gasteiger partial charge >= 0.3 is 0 Å². The molecule has 0 aliphatic heterocycles. The first-order chi connectivity index (χ1) is 4.84. The van der Waals surface area contributed by atoms with Crippen molar-refractivity contribution in [3.63, 3.8) is 0 Å². The van der Waals surface area contributed by atoms with Crippen LogP contribution in [-0.4, -0.2) is 22.2 Å². The zero-order chi connectivity index (χ0) is 7.40. The number of carbonyl (C=O) groups excluding carboxylic acids is 1. The Morgan fingerprint density at radius 1 is 1.70 bits per heavy atom. The number of nitrogens with two attached hydrogens (primary N) is 1. The van der Waals surface area contributed by atoms with Gasteiger partial charge in [0.15, 0.2) is 0 Å². The van der Waals surface area contributed by atoms with Gasteiger partial charge in [-0.1, -0.05) is 0 Å². The van der Waals surface area contributed by atoms with Crippen LogP contribution in [0.2, 0.25) is 0 Å². The maximum absolute atomic E-state index is 10.9. The average molecular weight is 139 g/mol. The van der Waals surface area contributed by atoms with Gasteiger partial charge in [-0.2, -0.15) is 5.10 Å². The van der Waals surface area contributed by atoms with E-state index in [1.807, 2.05) is 0 Å². The summed E-state index contributed by atoms with van der Waals surface area (Å²) in [6.07, 6.45) is 3.52. The van der Waals surface area contributed by atoms with Gasteiger partial charge in [-0.15, -0.1) is 0 Å². The van der Waals surface area contributed by atoms with Gasteiger partial charge in [0.2, 0.25) is 5.91 Å². The lowest BCUT2D eigenvalue weighted by Gasteiger charge is -1.95. The second kappa shape index (κ2) is 3.12. The van der Waals surface area contributed by atoms with Crippen molar-refractivity contribution >= 4 is 5.91 Å². The third-order valence-electron chi connectivity index (χ3n) is 1.12. The van der Waals surface area contributed by atoms with Gasteiger partial charge in [-0.25, -0.2) is 4.68 Å². The molecule has 0 unspecified atom stereocenters. The third-order valence-corrected chi connectivity index (χ3v) is 1.12. The van der Waals surface area contributed by atoms with Crippen LogP contribution < -0.4 is 5.73 Å². The van der Waals surface area contributed by atoms with Crippen molar-refractivity contribution in [2.45, 2.75) is 6.42 Å². The third kappa shape index (κ3) is 1.41. The average Bonchev–Trinajstić information content (AvgIpc) is 2.38. The quantitative estimate of drug-likeness (QED) is 0.621. The number of hydrogen-bond acceptors (Lipinski definition) is 3. The predicted molar refractivity (Wildman–Crippen MR) is 36.5 cm³/mol. The van der Waals surface area contributed by atoms with Gasteiger partial charge in [0.1, 0.15) is 0 Å². The topological polar surface area (TPSA) is 60.9 Å². The molecule has 54 valence electrons. The van der Waals surface area contributed by atoms with Crippen molar-refractivity contribution < 1.29 is 4.79 Å². The molecule has 0 aliphatic carbocycles. The molecule has 1 aromatic rings. The molecule has 10 heavy (non-hydrogen) atoms. The normalized spacial score (nSPS) is 9.70. The number of carbonyl (C=O) groups is 1. The molecule has 0 aromatic carbocycles. The first-order valence-corrected chi connectivity index (χ1v) is 3.07. The molecule has 1 aromatic heterocycles. The molecule has 0 bridgehead atoms.